The van der Waals surface area contributed by atoms with Gasteiger partial charge in [-0.25, -0.2) is 0 Å². The number of unbranched alkanes of at least 4 members (excludes halogenated alkanes) is 2. The van der Waals surface area contributed by atoms with Crippen molar-refractivity contribution in [3.05, 3.63) is 52.7 Å². The van der Waals surface area contributed by atoms with Crippen LogP contribution in [0.1, 0.15) is 65.8 Å². The van der Waals surface area contributed by atoms with E-state index in [1.807, 2.05) is 32.3 Å². The van der Waals surface area contributed by atoms with Crippen LogP contribution in [0, 0.1) is 6.92 Å². The topological polar surface area (TPSA) is 86.7 Å². The van der Waals surface area contributed by atoms with Crippen LogP contribution < -0.4 is 18.9 Å². The number of aryl methyl sites for hydroxylation is 1. The number of amides is 1. The molecule has 2 aliphatic rings. The molecule has 0 fully saturated rings. The van der Waals surface area contributed by atoms with Crippen LogP contribution in [0.3, 0.4) is 0 Å². The number of nitrogens with zero attached hydrogens (tertiary/aromatic N) is 2. The van der Waals surface area contributed by atoms with E-state index in [9.17, 15) is 9.59 Å². The van der Waals surface area contributed by atoms with Crippen LogP contribution in [0.15, 0.2) is 41.0 Å². The predicted octanol–water partition coefficient (Wildman–Crippen LogP) is 5.68. The Morgan fingerprint density at radius 1 is 0.946 bits per heavy atom. The Kier molecular flexibility index (Phi) is 8.16. The number of Topliss-reactive ketones (excluding diaryl/α,β-unsaturated/α-hetero) is 1. The highest BCUT2D eigenvalue weighted by Gasteiger charge is 2.31. The fourth-order valence-corrected chi connectivity index (χ4v) is 4.61. The van der Waals surface area contributed by atoms with Crippen molar-refractivity contribution in [3.63, 3.8) is 0 Å². The minimum Gasteiger partial charge on any atom is -0.493 e. The van der Waals surface area contributed by atoms with E-state index in [1.54, 1.807) is 44.2 Å². The van der Waals surface area contributed by atoms with Crippen LogP contribution >= 0.6 is 0 Å². The molecule has 0 bridgehead atoms. The molecule has 8 nitrogen and oxygen atoms in total. The monoisotopic (exact) mass is 506 g/mol. The molecular weight excluding hydrogens is 472 g/mol. The molecule has 0 aromatic heterocycles. The maximum Gasteiger partial charge on any atom is 0.260 e. The molecule has 1 unspecified atom stereocenters. The zero-order valence-electron chi connectivity index (χ0n) is 22.1. The maximum atomic E-state index is 13.1. The number of ether oxygens (including phenoxy) is 4. The van der Waals surface area contributed by atoms with Crippen molar-refractivity contribution >= 4 is 23.6 Å². The lowest BCUT2D eigenvalue weighted by Crippen LogP contribution is -2.32. The van der Waals surface area contributed by atoms with Crippen molar-refractivity contribution in [2.24, 2.45) is 4.99 Å². The number of rotatable bonds is 11. The first-order valence-electron chi connectivity index (χ1n) is 12.5. The molecule has 8 heteroatoms. The third kappa shape index (κ3) is 5.79. The summed E-state index contributed by atoms with van der Waals surface area (Å²) in [4.78, 5) is 31.2. The number of methoxy groups -OCH3 is 2. The van der Waals surface area contributed by atoms with Crippen LogP contribution in [0.5, 0.6) is 23.0 Å². The van der Waals surface area contributed by atoms with Crippen LogP contribution in [0.25, 0.3) is 0 Å². The van der Waals surface area contributed by atoms with Crippen LogP contribution in [0.4, 0.5) is 5.69 Å². The highest BCUT2D eigenvalue weighted by atomic mass is 16.5. The highest BCUT2D eigenvalue weighted by molar-refractivity contribution is 6.04. The normalized spacial score (nSPS) is 16.0. The number of fused-ring (bicyclic) bond motifs is 2. The summed E-state index contributed by atoms with van der Waals surface area (Å²) >= 11 is 0. The SMILES string of the molecule is COc1cc(C(C)=O)c(C)cc1OCCCCCOc1cc2c(cc1OC)C(=O)N1C=C(C)CC1C=N2. The zero-order valence-corrected chi connectivity index (χ0v) is 22.1. The maximum absolute atomic E-state index is 13.1. The molecule has 1 amide bonds. The summed E-state index contributed by atoms with van der Waals surface area (Å²) in [6, 6.07) is 7.03. The van der Waals surface area contributed by atoms with Crippen molar-refractivity contribution in [1.29, 1.82) is 0 Å². The molecule has 37 heavy (non-hydrogen) atoms. The standard InChI is InChI=1S/C29H34N2O6/c1-18-11-21-16-30-24-15-28(26(35-5)14-23(24)29(33)31(21)17-18)37-10-8-6-7-9-36-27-12-19(2)22(20(3)32)13-25(27)34-4/h12-17,21H,6-11H2,1-5H3. The molecule has 196 valence electrons. The van der Waals surface area contributed by atoms with Gasteiger partial charge in [0.2, 0.25) is 0 Å². The molecule has 0 radical (unpaired) electrons. The zero-order chi connectivity index (χ0) is 26.5. The van der Waals surface area contributed by atoms with Gasteiger partial charge in [0.05, 0.1) is 44.7 Å². The van der Waals surface area contributed by atoms with Gasteiger partial charge >= 0.3 is 0 Å². The molecule has 0 N–H and O–H groups in total. The predicted molar refractivity (Wildman–Crippen MR) is 142 cm³/mol. The Hall–Kier alpha value is -3.81. The molecular formula is C29H34N2O6. The highest BCUT2D eigenvalue weighted by Crippen LogP contribution is 2.38. The summed E-state index contributed by atoms with van der Waals surface area (Å²) in [7, 11) is 3.13. The van der Waals surface area contributed by atoms with Crippen LogP contribution in [-0.2, 0) is 0 Å². The number of carbonyl (C=O) groups excluding carboxylic acids is 2. The minimum absolute atomic E-state index is 0.000519. The van der Waals surface area contributed by atoms with Crippen molar-refractivity contribution < 1.29 is 28.5 Å². The molecule has 4 rings (SSSR count). The van der Waals surface area contributed by atoms with E-state index >= 15 is 0 Å². The average molecular weight is 507 g/mol. The third-order valence-electron chi connectivity index (χ3n) is 6.57. The largest absolute Gasteiger partial charge is 0.493 e. The first kappa shape index (κ1) is 26.3. The Balaban J connectivity index is 1.29. The van der Waals surface area contributed by atoms with Gasteiger partial charge < -0.3 is 23.8 Å². The van der Waals surface area contributed by atoms with Crippen LogP contribution in [-0.4, -0.2) is 56.3 Å². The summed E-state index contributed by atoms with van der Waals surface area (Å²) in [5, 5.41) is 0. The number of aliphatic imine (C=N–C) groups is 1. The second-order valence-corrected chi connectivity index (χ2v) is 9.39. The first-order valence-corrected chi connectivity index (χ1v) is 12.5. The lowest BCUT2D eigenvalue weighted by molar-refractivity contribution is 0.0817. The van der Waals surface area contributed by atoms with E-state index in [4.69, 9.17) is 18.9 Å². The molecule has 2 aliphatic heterocycles. The quantitative estimate of drug-likeness (QED) is 0.288. The van der Waals surface area contributed by atoms with E-state index in [2.05, 4.69) is 4.99 Å². The van der Waals surface area contributed by atoms with Gasteiger partial charge in [0, 0.05) is 24.0 Å². The van der Waals surface area contributed by atoms with Crippen molar-refractivity contribution in [2.75, 3.05) is 27.4 Å². The van der Waals surface area contributed by atoms with Crippen molar-refractivity contribution in [2.45, 2.75) is 52.5 Å². The van der Waals surface area contributed by atoms with E-state index in [0.29, 0.717) is 53.0 Å². The first-order chi connectivity index (χ1) is 17.8. The van der Waals surface area contributed by atoms with E-state index in [-0.39, 0.29) is 17.7 Å². The van der Waals surface area contributed by atoms with Crippen molar-refractivity contribution in [1.82, 2.24) is 4.90 Å². The van der Waals surface area contributed by atoms with Crippen molar-refractivity contribution in [3.8, 4) is 23.0 Å². The molecule has 2 aromatic rings. The van der Waals surface area contributed by atoms with Gasteiger partial charge in [0.1, 0.15) is 0 Å². The second-order valence-electron chi connectivity index (χ2n) is 9.39. The molecule has 0 saturated heterocycles. The lowest BCUT2D eigenvalue weighted by atomic mass is 10.0. The van der Waals surface area contributed by atoms with E-state index in [0.717, 1.165) is 36.8 Å². The number of hydrogen-bond donors (Lipinski definition) is 0. The number of ketones is 1. The fourth-order valence-electron chi connectivity index (χ4n) is 4.61. The Morgan fingerprint density at radius 3 is 2.24 bits per heavy atom. The summed E-state index contributed by atoms with van der Waals surface area (Å²) in [5.41, 5.74) is 3.76. The fraction of sp³-hybridized carbons (Fsp3) is 0.414. The number of carbonyl (C=O) groups is 2. The number of benzene rings is 2. The Labute approximate surface area is 217 Å². The summed E-state index contributed by atoms with van der Waals surface area (Å²) in [5.74, 6) is 2.20. The summed E-state index contributed by atoms with van der Waals surface area (Å²) < 4.78 is 22.8. The summed E-state index contributed by atoms with van der Waals surface area (Å²) in [6.45, 7) is 6.48. The number of hydrogen-bond acceptors (Lipinski definition) is 7. The summed E-state index contributed by atoms with van der Waals surface area (Å²) in [6.07, 6.45) is 7.09. The van der Waals surface area contributed by atoms with E-state index in [1.165, 1.54) is 0 Å². The van der Waals surface area contributed by atoms with Gasteiger partial charge in [-0.15, -0.1) is 0 Å². The molecule has 0 aliphatic carbocycles. The minimum atomic E-state index is -0.0815. The van der Waals surface area contributed by atoms with Gasteiger partial charge in [-0.05, 0) is 70.2 Å². The lowest BCUT2D eigenvalue weighted by Gasteiger charge is -2.19. The molecule has 1 atom stereocenters. The molecule has 0 spiro atoms. The molecule has 2 aromatic carbocycles. The smallest absolute Gasteiger partial charge is 0.260 e. The molecule has 2 heterocycles. The van der Waals surface area contributed by atoms with Gasteiger partial charge in [0.25, 0.3) is 5.91 Å². The second kappa shape index (κ2) is 11.5. The van der Waals surface area contributed by atoms with Gasteiger partial charge in [0.15, 0.2) is 28.8 Å². The van der Waals surface area contributed by atoms with E-state index < -0.39 is 0 Å². The van der Waals surface area contributed by atoms with Gasteiger partial charge in [-0.1, -0.05) is 5.57 Å². The van der Waals surface area contributed by atoms with Gasteiger partial charge in [-0.3, -0.25) is 14.6 Å². The average Bonchev–Trinajstić information content (AvgIpc) is 3.21. The third-order valence-corrected chi connectivity index (χ3v) is 6.57. The van der Waals surface area contributed by atoms with Crippen LogP contribution in [0.2, 0.25) is 0 Å². The molecule has 0 saturated carbocycles. The Bertz CT molecular complexity index is 1250. The Morgan fingerprint density at radius 2 is 1.59 bits per heavy atom. The van der Waals surface area contributed by atoms with Gasteiger partial charge in [-0.2, -0.15) is 0 Å².